The van der Waals surface area contributed by atoms with Crippen LogP contribution < -0.4 is 9.62 Å². The molecule has 0 unspecified atom stereocenters. The number of nitrogens with zero attached hydrogens (tertiary/aromatic N) is 2. The van der Waals surface area contributed by atoms with Crippen LogP contribution in [0.2, 0.25) is 0 Å². The quantitative estimate of drug-likeness (QED) is 0.918. The van der Waals surface area contributed by atoms with Crippen LogP contribution in [0, 0.1) is 12.7 Å². The molecule has 0 saturated heterocycles. The van der Waals surface area contributed by atoms with Gasteiger partial charge in [0.05, 0.1) is 17.6 Å². The van der Waals surface area contributed by atoms with Crippen molar-refractivity contribution in [3.8, 4) is 0 Å². The summed E-state index contributed by atoms with van der Waals surface area (Å²) in [5.74, 6) is 0.0212. The smallest absolute Gasteiger partial charge is 0.236 e. The Kier molecular flexibility index (Phi) is 4.65. The van der Waals surface area contributed by atoms with Crippen LogP contribution in [0.5, 0.6) is 0 Å². The topological polar surface area (TPSA) is 62.3 Å². The first kappa shape index (κ1) is 16.2. The largest absolute Gasteiger partial charge is 0.363 e. The van der Waals surface area contributed by atoms with Crippen molar-refractivity contribution in [1.82, 2.24) is 4.98 Å². The number of sulfonamides is 1. The Bertz CT molecular complexity index is 759. The molecule has 0 saturated carbocycles. The van der Waals surface area contributed by atoms with Crippen molar-refractivity contribution < 1.29 is 12.8 Å². The van der Waals surface area contributed by atoms with Gasteiger partial charge in [0.2, 0.25) is 10.0 Å². The van der Waals surface area contributed by atoms with E-state index in [-0.39, 0.29) is 5.75 Å². The zero-order chi connectivity index (χ0) is 16.3. The Hall–Kier alpha value is -2.15. The van der Waals surface area contributed by atoms with Gasteiger partial charge in [0.1, 0.15) is 11.6 Å². The van der Waals surface area contributed by atoms with Gasteiger partial charge < -0.3 is 4.90 Å². The fourth-order valence-electron chi connectivity index (χ4n) is 1.87. The summed E-state index contributed by atoms with van der Waals surface area (Å²) in [5, 5.41) is 0. The molecule has 2 rings (SSSR count). The molecule has 5 nitrogen and oxygen atoms in total. The van der Waals surface area contributed by atoms with Crippen molar-refractivity contribution in [3.05, 3.63) is 53.5 Å². The number of nitrogens with one attached hydrogen (secondary N) is 1. The predicted octanol–water partition coefficient (Wildman–Crippen LogP) is 2.54. The van der Waals surface area contributed by atoms with Crippen molar-refractivity contribution >= 4 is 21.5 Å². The van der Waals surface area contributed by atoms with E-state index in [1.54, 1.807) is 31.2 Å². The summed E-state index contributed by atoms with van der Waals surface area (Å²) in [6.45, 7) is 1.63. The monoisotopic (exact) mass is 323 g/mol. The molecule has 0 fully saturated rings. The molecule has 1 heterocycles. The Labute approximate surface area is 129 Å². The molecule has 118 valence electrons. The van der Waals surface area contributed by atoms with Gasteiger partial charge in [-0.05, 0) is 36.2 Å². The lowest BCUT2D eigenvalue weighted by molar-refractivity contribution is 0.599. The molecule has 0 atom stereocenters. The molecule has 0 radical (unpaired) electrons. The number of aromatic nitrogens is 1. The second-order valence-electron chi connectivity index (χ2n) is 5.24. The highest BCUT2D eigenvalue weighted by molar-refractivity contribution is 7.91. The molecule has 1 N–H and O–H groups in total. The summed E-state index contributed by atoms with van der Waals surface area (Å²) in [6, 6.07) is 7.75. The van der Waals surface area contributed by atoms with Crippen LogP contribution in [0.4, 0.5) is 15.9 Å². The molecule has 0 bridgehead atoms. The molecule has 7 heteroatoms. The third kappa shape index (κ3) is 4.17. The molecule has 0 aliphatic heterocycles. The lowest BCUT2D eigenvalue weighted by Gasteiger charge is -2.12. The van der Waals surface area contributed by atoms with Gasteiger partial charge >= 0.3 is 0 Å². The van der Waals surface area contributed by atoms with Crippen LogP contribution in [-0.4, -0.2) is 27.5 Å². The summed E-state index contributed by atoms with van der Waals surface area (Å²) in [4.78, 5) is 5.95. The number of aryl methyl sites for hydroxylation is 1. The summed E-state index contributed by atoms with van der Waals surface area (Å²) in [6.07, 6.45) is 1.45. The first-order valence-electron chi connectivity index (χ1n) is 6.66. The molecule has 0 aliphatic carbocycles. The van der Waals surface area contributed by atoms with Gasteiger partial charge in [-0.3, -0.25) is 4.72 Å². The van der Waals surface area contributed by atoms with E-state index < -0.39 is 15.8 Å². The minimum Gasteiger partial charge on any atom is -0.363 e. The van der Waals surface area contributed by atoms with Crippen molar-refractivity contribution in [3.63, 3.8) is 0 Å². The van der Waals surface area contributed by atoms with E-state index in [0.29, 0.717) is 16.8 Å². The maximum Gasteiger partial charge on any atom is 0.236 e. The van der Waals surface area contributed by atoms with Gasteiger partial charge in [0.15, 0.2) is 0 Å². The molecule has 1 aromatic heterocycles. The first-order valence-corrected chi connectivity index (χ1v) is 8.31. The normalized spacial score (nSPS) is 11.3. The Balaban J connectivity index is 2.11. The third-order valence-corrected chi connectivity index (χ3v) is 4.33. The highest BCUT2D eigenvalue weighted by Crippen LogP contribution is 2.16. The molecule has 1 aromatic carbocycles. The third-order valence-electron chi connectivity index (χ3n) is 3.07. The Morgan fingerprint density at radius 1 is 1.23 bits per heavy atom. The summed E-state index contributed by atoms with van der Waals surface area (Å²) in [5.41, 5.74) is 1.25. The maximum atomic E-state index is 13.5. The molecule has 0 aliphatic rings. The van der Waals surface area contributed by atoms with E-state index in [1.807, 2.05) is 19.0 Å². The fraction of sp³-hybridized carbons (Fsp3) is 0.267. The van der Waals surface area contributed by atoms with Gasteiger partial charge in [-0.2, -0.15) is 0 Å². The predicted molar refractivity (Wildman–Crippen MR) is 85.9 cm³/mol. The van der Waals surface area contributed by atoms with Gasteiger partial charge in [-0.1, -0.05) is 12.1 Å². The number of hydrogen-bond donors (Lipinski definition) is 1. The van der Waals surface area contributed by atoms with E-state index in [2.05, 4.69) is 9.71 Å². The average Bonchev–Trinajstić information content (AvgIpc) is 2.42. The van der Waals surface area contributed by atoms with Gasteiger partial charge in [0, 0.05) is 14.1 Å². The molecular formula is C15H18FN3O2S. The van der Waals surface area contributed by atoms with Gasteiger partial charge in [0.25, 0.3) is 0 Å². The number of benzene rings is 1. The SMILES string of the molecule is Cc1ccc(CS(=O)(=O)Nc2ccc(N(C)C)nc2)cc1F. The van der Waals surface area contributed by atoms with Crippen molar-refractivity contribution in [2.75, 3.05) is 23.7 Å². The first-order chi connectivity index (χ1) is 10.3. The molecule has 0 spiro atoms. The lowest BCUT2D eigenvalue weighted by Crippen LogP contribution is -2.16. The van der Waals surface area contributed by atoms with Crippen LogP contribution >= 0.6 is 0 Å². The molecular weight excluding hydrogens is 305 g/mol. The van der Waals surface area contributed by atoms with E-state index in [0.717, 1.165) is 5.82 Å². The van der Waals surface area contributed by atoms with Crippen molar-refractivity contribution in [2.24, 2.45) is 0 Å². The van der Waals surface area contributed by atoms with Crippen molar-refractivity contribution in [1.29, 1.82) is 0 Å². The van der Waals surface area contributed by atoms with E-state index in [4.69, 9.17) is 0 Å². The van der Waals surface area contributed by atoms with Crippen LogP contribution in [0.1, 0.15) is 11.1 Å². The standard InChI is InChI=1S/C15H18FN3O2S/c1-11-4-5-12(8-14(11)16)10-22(20,21)18-13-6-7-15(17-9-13)19(2)3/h4-9,18H,10H2,1-3H3. The Morgan fingerprint density at radius 3 is 2.50 bits per heavy atom. The molecule has 2 aromatic rings. The highest BCUT2D eigenvalue weighted by atomic mass is 32.2. The highest BCUT2D eigenvalue weighted by Gasteiger charge is 2.13. The molecule has 22 heavy (non-hydrogen) atoms. The van der Waals surface area contributed by atoms with E-state index in [9.17, 15) is 12.8 Å². The Morgan fingerprint density at radius 2 is 1.95 bits per heavy atom. The number of anilines is 2. The molecule has 0 amide bonds. The van der Waals surface area contributed by atoms with E-state index in [1.165, 1.54) is 12.3 Å². The van der Waals surface area contributed by atoms with Crippen LogP contribution in [0.25, 0.3) is 0 Å². The van der Waals surface area contributed by atoms with Crippen LogP contribution in [-0.2, 0) is 15.8 Å². The van der Waals surface area contributed by atoms with Crippen LogP contribution in [0.3, 0.4) is 0 Å². The second kappa shape index (κ2) is 6.31. The number of pyridine rings is 1. The average molecular weight is 323 g/mol. The maximum absolute atomic E-state index is 13.5. The van der Waals surface area contributed by atoms with Crippen LogP contribution in [0.15, 0.2) is 36.5 Å². The number of halogens is 1. The number of hydrogen-bond acceptors (Lipinski definition) is 4. The van der Waals surface area contributed by atoms with Gasteiger partial charge in [-0.25, -0.2) is 17.8 Å². The minimum absolute atomic E-state index is 0.292. The summed E-state index contributed by atoms with van der Waals surface area (Å²) < 4.78 is 40.1. The van der Waals surface area contributed by atoms with Crippen molar-refractivity contribution in [2.45, 2.75) is 12.7 Å². The second-order valence-corrected chi connectivity index (χ2v) is 6.97. The zero-order valence-corrected chi connectivity index (χ0v) is 13.5. The summed E-state index contributed by atoms with van der Waals surface area (Å²) >= 11 is 0. The van der Waals surface area contributed by atoms with E-state index >= 15 is 0 Å². The minimum atomic E-state index is -3.62. The van der Waals surface area contributed by atoms with Gasteiger partial charge in [-0.15, -0.1) is 0 Å². The fourth-order valence-corrected chi connectivity index (χ4v) is 3.04. The lowest BCUT2D eigenvalue weighted by atomic mass is 10.2. The number of rotatable bonds is 5. The zero-order valence-electron chi connectivity index (χ0n) is 12.7. The summed E-state index contributed by atoms with van der Waals surface area (Å²) in [7, 11) is 0.0700.